The van der Waals surface area contributed by atoms with Gasteiger partial charge in [-0.05, 0) is 23.1 Å². The second-order valence-corrected chi connectivity index (χ2v) is 5.31. The van der Waals surface area contributed by atoms with E-state index in [4.69, 9.17) is 4.74 Å². The Labute approximate surface area is 130 Å². The number of ether oxygens (including phenoxy) is 1. The van der Waals surface area contributed by atoms with E-state index in [0.717, 1.165) is 17.5 Å². The van der Waals surface area contributed by atoms with E-state index in [1.807, 2.05) is 54.6 Å². The molecule has 0 aromatic heterocycles. The van der Waals surface area contributed by atoms with Crippen LogP contribution >= 0.6 is 0 Å². The largest absolute Gasteiger partial charge is 0.453 e. The summed E-state index contributed by atoms with van der Waals surface area (Å²) in [6.07, 6.45) is 8.78. The molecule has 1 aliphatic carbocycles. The van der Waals surface area contributed by atoms with E-state index in [1.165, 1.54) is 18.1 Å². The van der Waals surface area contributed by atoms with Crippen molar-refractivity contribution >= 4 is 12.0 Å². The van der Waals surface area contributed by atoms with E-state index in [2.05, 4.69) is 18.2 Å². The number of hydrogen-bond acceptors (Lipinski definition) is 2. The molecule has 2 heteroatoms. The summed E-state index contributed by atoms with van der Waals surface area (Å²) < 4.78 is 5.64. The number of benzene rings is 2. The van der Waals surface area contributed by atoms with Gasteiger partial charge in [-0.2, -0.15) is 0 Å². The highest BCUT2D eigenvalue weighted by atomic mass is 16.5. The molecule has 2 nitrogen and oxygen atoms in total. The van der Waals surface area contributed by atoms with Crippen LogP contribution in [0.2, 0.25) is 0 Å². The fourth-order valence-electron chi connectivity index (χ4n) is 2.79. The van der Waals surface area contributed by atoms with Crippen molar-refractivity contribution in [1.29, 1.82) is 0 Å². The molecule has 0 aliphatic heterocycles. The molecule has 0 bridgehead atoms. The Bertz CT molecular complexity index is 727. The number of carbonyl (C=O) groups is 1. The predicted octanol–water partition coefficient (Wildman–Crippen LogP) is 4.46. The molecule has 3 rings (SSSR count). The Balaban J connectivity index is 2.11. The number of hydrogen-bond donors (Lipinski definition) is 0. The van der Waals surface area contributed by atoms with Crippen LogP contribution in [-0.4, -0.2) is 5.97 Å². The van der Waals surface area contributed by atoms with Gasteiger partial charge in [-0.3, -0.25) is 4.79 Å². The molecule has 1 unspecified atom stereocenters. The summed E-state index contributed by atoms with van der Waals surface area (Å²) >= 11 is 0. The van der Waals surface area contributed by atoms with E-state index < -0.39 is 0 Å². The molecule has 0 radical (unpaired) electrons. The smallest absolute Gasteiger partial charge is 0.303 e. The summed E-state index contributed by atoms with van der Waals surface area (Å²) in [6, 6.07) is 16.0. The summed E-state index contributed by atoms with van der Waals surface area (Å²) in [5.74, 6) is -0.272. The van der Waals surface area contributed by atoms with E-state index in [-0.39, 0.29) is 12.1 Å². The third-order valence-electron chi connectivity index (χ3n) is 3.76. The first-order valence-electron chi connectivity index (χ1n) is 7.43. The van der Waals surface area contributed by atoms with Crippen LogP contribution < -0.4 is 0 Å². The summed E-state index contributed by atoms with van der Waals surface area (Å²) in [6.45, 7) is 1.46. The van der Waals surface area contributed by atoms with Crippen LogP contribution in [0.25, 0.3) is 6.08 Å². The van der Waals surface area contributed by atoms with Gasteiger partial charge >= 0.3 is 5.97 Å². The Kier molecular flexibility index (Phi) is 4.19. The van der Waals surface area contributed by atoms with Gasteiger partial charge in [0.1, 0.15) is 0 Å². The lowest BCUT2D eigenvalue weighted by atomic mass is 9.92. The molecule has 2 aromatic rings. The monoisotopic (exact) mass is 290 g/mol. The highest BCUT2D eigenvalue weighted by molar-refractivity contribution is 5.67. The minimum absolute atomic E-state index is 0.272. The molecule has 1 aliphatic rings. The summed E-state index contributed by atoms with van der Waals surface area (Å²) in [7, 11) is 0. The maximum Gasteiger partial charge on any atom is 0.303 e. The molecule has 0 fully saturated rings. The van der Waals surface area contributed by atoms with Crippen molar-refractivity contribution in [1.82, 2.24) is 0 Å². The van der Waals surface area contributed by atoms with Crippen LogP contribution in [0.15, 0.2) is 66.8 Å². The predicted molar refractivity (Wildman–Crippen MR) is 88.4 cm³/mol. The van der Waals surface area contributed by atoms with Gasteiger partial charge in [0.05, 0.1) is 0 Å². The summed E-state index contributed by atoms with van der Waals surface area (Å²) in [4.78, 5) is 11.6. The van der Waals surface area contributed by atoms with Crippen molar-refractivity contribution in [2.75, 3.05) is 0 Å². The van der Waals surface area contributed by atoms with Crippen molar-refractivity contribution in [2.24, 2.45) is 0 Å². The van der Waals surface area contributed by atoms with E-state index in [1.54, 1.807) is 0 Å². The number of rotatable bonds is 3. The normalized spacial score (nSPS) is 14.0. The average Bonchev–Trinajstić information content (AvgIpc) is 2.78. The fourth-order valence-corrected chi connectivity index (χ4v) is 2.79. The van der Waals surface area contributed by atoms with Crippen LogP contribution in [0.5, 0.6) is 0 Å². The average molecular weight is 290 g/mol. The molecule has 22 heavy (non-hydrogen) atoms. The van der Waals surface area contributed by atoms with Crippen molar-refractivity contribution in [3.05, 3.63) is 89.0 Å². The van der Waals surface area contributed by atoms with Crippen molar-refractivity contribution in [2.45, 2.75) is 19.4 Å². The molecule has 0 amide bonds. The van der Waals surface area contributed by atoms with Gasteiger partial charge in [0, 0.05) is 12.5 Å². The first-order valence-corrected chi connectivity index (χ1v) is 7.43. The Morgan fingerprint density at radius 2 is 1.86 bits per heavy atom. The number of carbonyl (C=O) groups excluding carboxylic acids is 1. The molecule has 0 heterocycles. The summed E-state index contributed by atoms with van der Waals surface area (Å²) in [5.41, 5.74) is 4.43. The van der Waals surface area contributed by atoms with E-state index in [0.29, 0.717) is 0 Å². The number of allylic oxidation sites excluding steroid dienone is 3. The number of fused-ring (bicyclic) bond motifs is 1. The standard InChI is InChI=1S/C20H18O2/c1-15(21)22-20(17-10-5-2-6-11-17)19-14-8-12-16-9-4-3-7-13-18(16)19/h2-12,14,20H,13H2,1H3. The third-order valence-corrected chi connectivity index (χ3v) is 3.76. The van der Waals surface area contributed by atoms with Crippen molar-refractivity contribution in [3.63, 3.8) is 0 Å². The fraction of sp³-hybridized carbons (Fsp3) is 0.150. The van der Waals surface area contributed by atoms with E-state index in [9.17, 15) is 4.79 Å². The molecule has 2 aromatic carbocycles. The first-order chi connectivity index (χ1) is 10.8. The lowest BCUT2D eigenvalue weighted by Gasteiger charge is -2.21. The Morgan fingerprint density at radius 3 is 2.64 bits per heavy atom. The van der Waals surface area contributed by atoms with Crippen molar-refractivity contribution in [3.8, 4) is 0 Å². The Morgan fingerprint density at radius 1 is 1.05 bits per heavy atom. The Hall–Kier alpha value is -2.61. The molecular weight excluding hydrogens is 272 g/mol. The van der Waals surface area contributed by atoms with Crippen LogP contribution in [0.3, 0.4) is 0 Å². The molecule has 1 atom stereocenters. The lowest BCUT2D eigenvalue weighted by molar-refractivity contribution is -0.144. The third kappa shape index (κ3) is 3.01. The van der Waals surface area contributed by atoms with E-state index >= 15 is 0 Å². The zero-order valence-corrected chi connectivity index (χ0v) is 12.5. The minimum atomic E-state index is -0.367. The maximum atomic E-state index is 11.6. The van der Waals surface area contributed by atoms with Crippen molar-refractivity contribution < 1.29 is 9.53 Å². The minimum Gasteiger partial charge on any atom is -0.453 e. The first kappa shape index (κ1) is 14.3. The molecular formula is C20H18O2. The van der Waals surface area contributed by atoms with Gasteiger partial charge in [-0.1, -0.05) is 72.8 Å². The second kappa shape index (κ2) is 6.44. The second-order valence-electron chi connectivity index (χ2n) is 5.31. The van der Waals surface area contributed by atoms with Gasteiger partial charge in [0.25, 0.3) is 0 Å². The molecule has 110 valence electrons. The SMILES string of the molecule is CC(=O)OC(c1ccccc1)c1cccc2c1CC=CC=C2. The molecule has 0 spiro atoms. The zero-order chi connectivity index (χ0) is 15.4. The topological polar surface area (TPSA) is 26.3 Å². The highest BCUT2D eigenvalue weighted by Crippen LogP contribution is 2.32. The van der Waals surface area contributed by atoms with Gasteiger partial charge in [0.15, 0.2) is 6.10 Å². The molecule has 0 saturated carbocycles. The van der Waals surface area contributed by atoms with Gasteiger partial charge < -0.3 is 4.74 Å². The lowest BCUT2D eigenvalue weighted by Crippen LogP contribution is -2.12. The summed E-state index contributed by atoms with van der Waals surface area (Å²) in [5, 5.41) is 0. The molecule has 0 N–H and O–H groups in total. The van der Waals surface area contributed by atoms with Gasteiger partial charge in [0.2, 0.25) is 0 Å². The maximum absolute atomic E-state index is 11.6. The zero-order valence-electron chi connectivity index (χ0n) is 12.5. The molecule has 0 saturated heterocycles. The quantitative estimate of drug-likeness (QED) is 0.780. The van der Waals surface area contributed by atoms with Crippen LogP contribution in [-0.2, 0) is 16.0 Å². The van der Waals surface area contributed by atoms with Crippen LogP contribution in [0.1, 0.15) is 35.3 Å². The van der Waals surface area contributed by atoms with Crippen LogP contribution in [0.4, 0.5) is 0 Å². The number of esters is 1. The van der Waals surface area contributed by atoms with Gasteiger partial charge in [-0.25, -0.2) is 0 Å². The van der Waals surface area contributed by atoms with Crippen LogP contribution in [0, 0.1) is 0 Å². The van der Waals surface area contributed by atoms with Gasteiger partial charge in [-0.15, -0.1) is 0 Å². The highest BCUT2D eigenvalue weighted by Gasteiger charge is 2.21.